The SMILES string of the molecule is C[C@H]1CCCC[C@H]1NC(=O)c1ccc2c(c1)NC(=O)[C@H]1CCCN21. The summed E-state index contributed by atoms with van der Waals surface area (Å²) >= 11 is 0. The molecule has 1 aromatic carbocycles. The highest BCUT2D eigenvalue weighted by Gasteiger charge is 2.36. The molecule has 128 valence electrons. The van der Waals surface area contributed by atoms with Crippen LogP contribution in [0.25, 0.3) is 0 Å². The monoisotopic (exact) mass is 327 g/mol. The number of anilines is 2. The van der Waals surface area contributed by atoms with Gasteiger partial charge in [0.25, 0.3) is 5.91 Å². The molecule has 3 aliphatic rings. The van der Waals surface area contributed by atoms with Gasteiger partial charge < -0.3 is 15.5 Å². The smallest absolute Gasteiger partial charge is 0.251 e. The van der Waals surface area contributed by atoms with Crippen LogP contribution < -0.4 is 15.5 Å². The lowest BCUT2D eigenvalue weighted by Gasteiger charge is -2.33. The summed E-state index contributed by atoms with van der Waals surface area (Å²) in [5.74, 6) is 0.554. The van der Waals surface area contributed by atoms with Gasteiger partial charge in [0.1, 0.15) is 6.04 Å². The maximum absolute atomic E-state index is 12.6. The van der Waals surface area contributed by atoms with Gasteiger partial charge in [-0.3, -0.25) is 9.59 Å². The molecule has 1 aromatic rings. The highest BCUT2D eigenvalue weighted by Crippen LogP contribution is 2.37. The lowest BCUT2D eigenvalue weighted by molar-refractivity contribution is -0.117. The van der Waals surface area contributed by atoms with E-state index in [1.807, 2.05) is 18.2 Å². The van der Waals surface area contributed by atoms with Crippen LogP contribution in [0.15, 0.2) is 18.2 Å². The van der Waals surface area contributed by atoms with Gasteiger partial charge >= 0.3 is 0 Å². The van der Waals surface area contributed by atoms with E-state index in [4.69, 9.17) is 0 Å². The number of carbonyl (C=O) groups is 2. The zero-order valence-electron chi connectivity index (χ0n) is 14.2. The third-order valence-electron chi connectivity index (χ3n) is 5.81. The van der Waals surface area contributed by atoms with Crippen molar-refractivity contribution in [2.75, 3.05) is 16.8 Å². The summed E-state index contributed by atoms with van der Waals surface area (Å²) in [5.41, 5.74) is 2.44. The van der Waals surface area contributed by atoms with Crippen molar-refractivity contribution in [1.29, 1.82) is 0 Å². The number of amides is 2. The van der Waals surface area contributed by atoms with E-state index in [0.29, 0.717) is 11.5 Å². The van der Waals surface area contributed by atoms with Crippen LogP contribution in [-0.4, -0.2) is 30.4 Å². The number of fused-ring (bicyclic) bond motifs is 3. The third-order valence-corrected chi connectivity index (χ3v) is 5.81. The molecule has 0 aromatic heterocycles. The van der Waals surface area contributed by atoms with Crippen LogP contribution in [0.2, 0.25) is 0 Å². The number of benzene rings is 1. The number of nitrogens with one attached hydrogen (secondary N) is 2. The molecule has 4 rings (SSSR count). The molecule has 2 amide bonds. The molecule has 1 saturated heterocycles. The molecule has 0 spiro atoms. The van der Waals surface area contributed by atoms with Gasteiger partial charge in [-0.05, 0) is 49.8 Å². The average molecular weight is 327 g/mol. The largest absolute Gasteiger partial charge is 0.358 e. The Morgan fingerprint density at radius 1 is 1.21 bits per heavy atom. The molecule has 2 fully saturated rings. The van der Waals surface area contributed by atoms with Crippen molar-refractivity contribution in [2.24, 2.45) is 5.92 Å². The molecule has 2 N–H and O–H groups in total. The minimum atomic E-state index is -0.0414. The molecular weight excluding hydrogens is 302 g/mol. The van der Waals surface area contributed by atoms with Crippen LogP contribution in [0.5, 0.6) is 0 Å². The average Bonchev–Trinajstić information content (AvgIpc) is 3.07. The van der Waals surface area contributed by atoms with E-state index < -0.39 is 0 Å². The van der Waals surface area contributed by atoms with E-state index in [0.717, 1.165) is 37.2 Å². The number of nitrogens with zero attached hydrogens (tertiary/aromatic N) is 1. The fourth-order valence-electron chi connectivity index (χ4n) is 4.35. The van der Waals surface area contributed by atoms with Crippen LogP contribution in [-0.2, 0) is 4.79 Å². The molecule has 1 saturated carbocycles. The third kappa shape index (κ3) is 2.66. The maximum atomic E-state index is 12.6. The maximum Gasteiger partial charge on any atom is 0.251 e. The van der Waals surface area contributed by atoms with Gasteiger partial charge in [-0.15, -0.1) is 0 Å². The summed E-state index contributed by atoms with van der Waals surface area (Å²) in [6, 6.07) is 5.91. The van der Waals surface area contributed by atoms with E-state index in [1.165, 1.54) is 19.3 Å². The summed E-state index contributed by atoms with van der Waals surface area (Å²) < 4.78 is 0. The van der Waals surface area contributed by atoms with Crippen molar-refractivity contribution >= 4 is 23.2 Å². The Kier molecular flexibility index (Phi) is 3.94. The van der Waals surface area contributed by atoms with Crippen molar-refractivity contribution in [1.82, 2.24) is 5.32 Å². The van der Waals surface area contributed by atoms with Crippen molar-refractivity contribution in [2.45, 2.75) is 57.5 Å². The first-order valence-corrected chi connectivity index (χ1v) is 9.16. The Morgan fingerprint density at radius 2 is 2.04 bits per heavy atom. The minimum absolute atomic E-state index is 0.0330. The van der Waals surface area contributed by atoms with E-state index in [2.05, 4.69) is 22.5 Å². The first kappa shape index (κ1) is 15.5. The second-order valence-electron chi connectivity index (χ2n) is 7.41. The fourth-order valence-corrected chi connectivity index (χ4v) is 4.35. The van der Waals surface area contributed by atoms with Crippen molar-refractivity contribution in [3.8, 4) is 0 Å². The molecule has 3 atom stereocenters. The van der Waals surface area contributed by atoms with Crippen LogP contribution in [0.3, 0.4) is 0 Å². The topological polar surface area (TPSA) is 61.4 Å². The van der Waals surface area contributed by atoms with Gasteiger partial charge in [0, 0.05) is 18.2 Å². The predicted octanol–water partition coefficient (Wildman–Crippen LogP) is 2.92. The molecular formula is C19H25N3O2. The van der Waals surface area contributed by atoms with Crippen molar-refractivity contribution < 1.29 is 9.59 Å². The number of carbonyl (C=O) groups excluding carboxylic acids is 2. The molecule has 0 unspecified atom stereocenters. The molecule has 2 heterocycles. The summed E-state index contributed by atoms with van der Waals surface area (Å²) in [4.78, 5) is 27.0. The molecule has 1 aliphatic carbocycles. The van der Waals surface area contributed by atoms with Gasteiger partial charge in [0.15, 0.2) is 0 Å². The molecule has 2 aliphatic heterocycles. The lowest BCUT2D eigenvalue weighted by Crippen LogP contribution is -2.44. The van der Waals surface area contributed by atoms with E-state index >= 15 is 0 Å². The summed E-state index contributed by atoms with van der Waals surface area (Å²) in [6.07, 6.45) is 6.64. The summed E-state index contributed by atoms with van der Waals surface area (Å²) in [6.45, 7) is 3.13. The van der Waals surface area contributed by atoms with E-state index in [9.17, 15) is 9.59 Å². The van der Waals surface area contributed by atoms with Crippen LogP contribution >= 0.6 is 0 Å². The first-order valence-electron chi connectivity index (χ1n) is 9.16. The molecule has 0 bridgehead atoms. The molecule has 5 nitrogen and oxygen atoms in total. The van der Waals surface area contributed by atoms with Crippen molar-refractivity contribution in [3.05, 3.63) is 23.8 Å². The lowest BCUT2D eigenvalue weighted by atomic mass is 9.86. The van der Waals surface area contributed by atoms with Gasteiger partial charge in [-0.2, -0.15) is 0 Å². The highest BCUT2D eigenvalue weighted by molar-refractivity contribution is 6.06. The number of hydrogen-bond acceptors (Lipinski definition) is 3. The Balaban J connectivity index is 1.54. The first-order chi connectivity index (χ1) is 11.6. The quantitative estimate of drug-likeness (QED) is 0.878. The van der Waals surface area contributed by atoms with Crippen molar-refractivity contribution in [3.63, 3.8) is 0 Å². The minimum Gasteiger partial charge on any atom is -0.358 e. The zero-order valence-corrected chi connectivity index (χ0v) is 14.2. The van der Waals surface area contributed by atoms with Gasteiger partial charge in [-0.25, -0.2) is 0 Å². The summed E-state index contributed by atoms with van der Waals surface area (Å²) in [7, 11) is 0. The van der Waals surface area contributed by atoms with Gasteiger partial charge in [0.05, 0.1) is 11.4 Å². The highest BCUT2D eigenvalue weighted by atomic mass is 16.2. The van der Waals surface area contributed by atoms with E-state index in [1.54, 1.807) is 0 Å². The number of hydrogen-bond donors (Lipinski definition) is 2. The molecule has 0 radical (unpaired) electrons. The van der Waals surface area contributed by atoms with Crippen LogP contribution in [0.4, 0.5) is 11.4 Å². The van der Waals surface area contributed by atoms with Crippen LogP contribution in [0.1, 0.15) is 55.8 Å². The second kappa shape index (κ2) is 6.11. The Labute approximate surface area is 142 Å². The molecule has 24 heavy (non-hydrogen) atoms. The Bertz CT molecular complexity index is 673. The van der Waals surface area contributed by atoms with E-state index in [-0.39, 0.29) is 23.9 Å². The summed E-state index contributed by atoms with van der Waals surface area (Å²) in [5, 5.41) is 6.16. The predicted molar refractivity (Wildman–Crippen MR) is 94.3 cm³/mol. The van der Waals surface area contributed by atoms with Crippen LogP contribution in [0, 0.1) is 5.92 Å². The number of rotatable bonds is 2. The zero-order chi connectivity index (χ0) is 16.7. The Morgan fingerprint density at radius 3 is 2.88 bits per heavy atom. The van der Waals surface area contributed by atoms with Gasteiger partial charge in [-0.1, -0.05) is 19.8 Å². The standard InChI is InChI=1S/C19H25N3O2/c1-12-5-2-3-6-14(12)20-18(23)13-8-9-16-15(11-13)21-19(24)17-7-4-10-22(16)17/h8-9,11-12,14,17H,2-7,10H2,1H3,(H,20,23)(H,21,24)/t12-,14+,17+/m0/s1. The normalized spacial score (nSPS) is 28.8. The Hall–Kier alpha value is -2.04. The fraction of sp³-hybridized carbons (Fsp3) is 0.579. The van der Waals surface area contributed by atoms with Gasteiger partial charge in [0.2, 0.25) is 5.91 Å². The molecule has 5 heteroatoms. The second-order valence-corrected chi connectivity index (χ2v) is 7.41.